The summed E-state index contributed by atoms with van der Waals surface area (Å²) < 4.78 is 12.0. The normalized spacial score (nSPS) is 18.8. The number of nitrogens with zero attached hydrogens (tertiary/aromatic N) is 2. The van der Waals surface area contributed by atoms with Crippen LogP contribution in [0.2, 0.25) is 0 Å². The molecule has 3 rings (SSSR count). The van der Waals surface area contributed by atoms with E-state index in [4.69, 9.17) is 9.47 Å². The van der Waals surface area contributed by atoms with Crippen LogP contribution < -0.4 is 20.3 Å². The molecule has 0 spiro atoms. The Morgan fingerprint density at radius 1 is 1.19 bits per heavy atom. The smallest absolute Gasteiger partial charge is 0.301 e. The number of carbonyl (C=O) groups excluding carboxylic acids is 1. The summed E-state index contributed by atoms with van der Waals surface area (Å²) in [6.45, 7) is 3.65. The minimum Gasteiger partial charge on any atom is -0.493 e. The Bertz CT molecular complexity index is 961. The fraction of sp³-hybridized carbons (Fsp3) is 0.412. The number of hydrogen-bond acceptors (Lipinski definition) is 6. The molecule has 27 heavy (non-hydrogen) atoms. The first kappa shape index (κ1) is 18.5. The summed E-state index contributed by atoms with van der Waals surface area (Å²) in [7, 11) is 2.91. The second-order valence-electron chi connectivity index (χ2n) is 6.48. The Labute approximate surface area is 154 Å². The molecule has 1 aliphatic rings. The molecular formula is C17H20N4O6. The lowest BCUT2D eigenvalue weighted by Crippen LogP contribution is -2.45. The van der Waals surface area contributed by atoms with Crippen molar-refractivity contribution in [3.05, 3.63) is 49.8 Å². The van der Waals surface area contributed by atoms with E-state index in [-0.39, 0.29) is 17.4 Å². The molecule has 2 aromatic rings. The largest absolute Gasteiger partial charge is 0.493 e. The molecule has 0 fully saturated rings. The second-order valence-corrected chi connectivity index (χ2v) is 6.48. The molecule has 2 N–H and O–H groups in total. The number of nitrogens with one attached hydrogen (secondary N) is 2. The van der Waals surface area contributed by atoms with Crippen molar-refractivity contribution in [2.75, 3.05) is 19.5 Å². The second kappa shape index (κ2) is 6.78. The van der Waals surface area contributed by atoms with Crippen molar-refractivity contribution < 1.29 is 19.2 Å². The minimum absolute atomic E-state index is 0.150. The number of methoxy groups -OCH3 is 2. The van der Waals surface area contributed by atoms with Crippen molar-refractivity contribution in [1.29, 1.82) is 0 Å². The molecule has 10 nitrogen and oxygen atoms in total. The summed E-state index contributed by atoms with van der Waals surface area (Å²) in [5, 5.41) is 16.8. The predicted octanol–water partition coefficient (Wildman–Crippen LogP) is 1.50. The molecule has 0 radical (unpaired) electrons. The highest BCUT2D eigenvalue weighted by Crippen LogP contribution is 2.40. The van der Waals surface area contributed by atoms with Crippen LogP contribution in [0, 0.1) is 10.1 Å². The summed E-state index contributed by atoms with van der Waals surface area (Å²) in [5.74, 6) is -0.803. The number of ether oxygens (including phenoxy) is 2. The van der Waals surface area contributed by atoms with E-state index >= 15 is 0 Å². The number of anilines is 1. The van der Waals surface area contributed by atoms with Gasteiger partial charge in [-0.2, -0.15) is 0 Å². The van der Waals surface area contributed by atoms with Crippen LogP contribution in [0.1, 0.15) is 36.9 Å². The van der Waals surface area contributed by atoms with Gasteiger partial charge < -0.3 is 14.8 Å². The molecule has 0 bridgehead atoms. The minimum atomic E-state index is -1.64. The number of benzene rings is 1. The van der Waals surface area contributed by atoms with Gasteiger partial charge in [-0.1, -0.05) is 6.07 Å². The van der Waals surface area contributed by atoms with Crippen LogP contribution >= 0.6 is 0 Å². The molecule has 0 saturated carbocycles. The lowest BCUT2D eigenvalue weighted by Gasteiger charge is -2.27. The van der Waals surface area contributed by atoms with Gasteiger partial charge in [-0.25, -0.2) is 0 Å². The van der Waals surface area contributed by atoms with Gasteiger partial charge in [-0.3, -0.25) is 29.5 Å². The van der Waals surface area contributed by atoms with Crippen LogP contribution in [0.25, 0.3) is 0 Å². The van der Waals surface area contributed by atoms with Crippen molar-refractivity contribution in [1.82, 2.24) is 9.78 Å². The Morgan fingerprint density at radius 3 is 2.41 bits per heavy atom. The van der Waals surface area contributed by atoms with Crippen LogP contribution in [0.5, 0.6) is 11.5 Å². The molecule has 2 heterocycles. The Hall–Kier alpha value is -3.30. The van der Waals surface area contributed by atoms with E-state index in [2.05, 4.69) is 10.4 Å². The Balaban J connectivity index is 2.27. The van der Waals surface area contributed by atoms with Gasteiger partial charge in [0.05, 0.1) is 25.7 Å². The number of H-pyrrole nitrogens is 1. The monoisotopic (exact) mass is 376 g/mol. The highest BCUT2D eigenvalue weighted by atomic mass is 16.6. The molecule has 0 unspecified atom stereocenters. The van der Waals surface area contributed by atoms with Gasteiger partial charge in [0.2, 0.25) is 0 Å². The molecule has 144 valence electrons. The van der Waals surface area contributed by atoms with E-state index in [1.807, 2.05) is 13.8 Å². The highest BCUT2D eigenvalue weighted by Gasteiger charge is 2.48. The molecule has 1 aromatic heterocycles. The number of amides is 1. The zero-order chi connectivity index (χ0) is 19.9. The van der Waals surface area contributed by atoms with E-state index in [1.54, 1.807) is 18.2 Å². The summed E-state index contributed by atoms with van der Waals surface area (Å²) in [6.07, 6.45) is 0. The van der Waals surface area contributed by atoms with Crippen LogP contribution in [-0.4, -0.2) is 40.9 Å². The van der Waals surface area contributed by atoms with Gasteiger partial charge in [0, 0.05) is 11.0 Å². The van der Waals surface area contributed by atoms with Crippen molar-refractivity contribution in [3.63, 3.8) is 0 Å². The van der Waals surface area contributed by atoms with Crippen LogP contribution in [0.4, 0.5) is 5.82 Å². The highest BCUT2D eigenvalue weighted by molar-refractivity contribution is 5.98. The number of nitro groups is 1. The van der Waals surface area contributed by atoms with Gasteiger partial charge in [0.15, 0.2) is 11.5 Å². The third kappa shape index (κ3) is 2.92. The van der Waals surface area contributed by atoms with Crippen molar-refractivity contribution in [2.45, 2.75) is 31.8 Å². The molecule has 1 amide bonds. The molecule has 0 saturated heterocycles. The fourth-order valence-electron chi connectivity index (χ4n) is 3.38. The first-order chi connectivity index (χ1) is 12.8. The van der Waals surface area contributed by atoms with Crippen LogP contribution in [0.3, 0.4) is 0 Å². The Morgan fingerprint density at radius 2 is 1.85 bits per heavy atom. The number of carbonyl (C=O) groups is 1. The van der Waals surface area contributed by atoms with Gasteiger partial charge in [0.1, 0.15) is 5.82 Å². The van der Waals surface area contributed by atoms with E-state index in [9.17, 15) is 19.7 Å². The van der Waals surface area contributed by atoms with Gasteiger partial charge in [-0.15, -0.1) is 0 Å². The van der Waals surface area contributed by atoms with Crippen LogP contribution in [-0.2, 0) is 4.79 Å². The quantitative estimate of drug-likeness (QED) is 0.601. The number of fused-ring (bicyclic) bond motifs is 1. The zero-order valence-corrected chi connectivity index (χ0v) is 15.3. The van der Waals surface area contributed by atoms with E-state index in [0.717, 1.165) is 0 Å². The van der Waals surface area contributed by atoms with E-state index < -0.39 is 28.3 Å². The lowest BCUT2D eigenvalue weighted by molar-refractivity contribution is -0.509. The van der Waals surface area contributed by atoms with Crippen molar-refractivity contribution in [3.8, 4) is 11.5 Å². The predicted molar refractivity (Wildman–Crippen MR) is 96.2 cm³/mol. The summed E-state index contributed by atoms with van der Waals surface area (Å²) in [5.41, 5.74) is 0.0833. The maximum absolute atomic E-state index is 12.6. The molecule has 0 aliphatic carbocycles. The van der Waals surface area contributed by atoms with Gasteiger partial charge in [0.25, 0.3) is 5.56 Å². The maximum atomic E-state index is 12.6. The molecular weight excluding hydrogens is 356 g/mol. The zero-order valence-electron chi connectivity index (χ0n) is 15.3. The third-order valence-electron chi connectivity index (χ3n) is 4.61. The van der Waals surface area contributed by atoms with Gasteiger partial charge in [-0.05, 0) is 31.5 Å². The first-order valence-corrected chi connectivity index (χ1v) is 8.30. The Kier molecular flexibility index (Phi) is 4.64. The van der Waals surface area contributed by atoms with Crippen LogP contribution in [0.15, 0.2) is 23.0 Å². The maximum Gasteiger partial charge on any atom is 0.301 e. The van der Waals surface area contributed by atoms with Crippen molar-refractivity contribution >= 4 is 11.7 Å². The first-order valence-electron chi connectivity index (χ1n) is 8.30. The summed E-state index contributed by atoms with van der Waals surface area (Å²) in [6, 6.07) is 2.94. The summed E-state index contributed by atoms with van der Waals surface area (Å²) in [4.78, 5) is 36.1. The SMILES string of the molecule is COc1ccc([C@@H]2c3c(n(C(C)C)[nH]c3=O)NC(=O)[C@H]2[N+](=O)[O-])cc1OC. The molecule has 2 atom stereocenters. The van der Waals surface area contributed by atoms with E-state index in [1.165, 1.54) is 18.9 Å². The summed E-state index contributed by atoms with van der Waals surface area (Å²) >= 11 is 0. The fourth-order valence-corrected chi connectivity index (χ4v) is 3.38. The van der Waals surface area contributed by atoms with E-state index in [0.29, 0.717) is 17.1 Å². The van der Waals surface area contributed by atoms with Gasteiger partial charge >= 0.3 is 11.9 Å². The molecule has 1 aromatic carbocycles. The number of aromatic nitrogens is 2. The third-order valence-corrected chi connectivity index (χ3v) is 4.61. The number of aromatic amines is 1. The number of hydrogen-bond donors (Lipinski definition) is 2. The number of rotatable bonds is 5. The molecule has 1 aliphatic heterocycles. The lowest BCUT2D eigenvalue weighted by atomic mass is 9.83. The standard InChI is InChI=1S/C17H20N4O6/c1-8(2)20-15-13(16(22)19-20)12(14(21(24)25)17(23)18-15)9-5-6-10(26-3)11(7-9)27-4/h5-8,12,14H,1-4H3,(H,18,23)(H,19,22)/t12-,14+/m1/s1. The average Bonchev–Trinajstić information content (AvgIpc) is 2.96. The molecule has 10 heteroatoms. The average molecular weight is 376 g/mol. The van der Waals surface area contributed by atoms with Crippen molar-refractivity contribution in [2.24, 2.45) is 0 Å². The topological polar surface area (TPSA) is 128 Å².